The second-order valence-corrected chi connectivity index (χ2v) is 7.44. The lowest BCUT2D eigenvalue weighted by Crippen LogP contribution is -2.17. The average Bonchev–Trinajstić information content (AvgIpc) is 3.06. The van der Waals surface area contributed by atoms with E-state index in [2.05, 4.69) is 15.6 Å². The van der Waals surface area contributed by atoms with E-state index in [1.54, 1.807) is 16.8 Å². The van der Waals surface area contributed by atoms with Gasteiger partial charge in [-0.2, -0.15) is 5.10 Å². The van der Waals surface area contributed by atoms with Crippen LogP contribution in [0.5, 0.6) is 11.5 Å². The average molecular weight is 453 g/mol. The van der Waals surface area contributed by atoms with Crippen molar-refractivity contribution in [3.63, 3.8) is 0 Å². The van der Waals surface area contributed by atoms with Crippen LogP contribution in [-0.4, -0.2) is 21.5 Å². The quantitative estimate of drug-likeness (QED) is 0.417. The number of aryl methyl sites for hydroxylation is 1. The van der Waals surface area contributed by atoms with Gasteiger partial charge in [0.05, 0.1) is 13.2 Å². The number of H-pyrrole nitrogens is 1. The normalized spacial score (nSPS) is 10.8. The molecule has 3 rings (SSSR count). The fourth-order valence-electron chi connectivity index (χ4n) is 2.74. The molecule has 154 valence electrons. The Bertz CT molecular complexity index is 1040. The van der Waals surface area contributed by atoms with Crippen LogP contribution in [0.4, 0.5) is 0 Å². The van der Waals surface area contributed by atoms with Crippen LogP contribution in [0.1, 0.15) is 30.8 Å². The molecule has 0 atom stereocenters. The van der Waals surface area contributed by atoms with Crippen molar-refractivity contribution in [3.05, 3.63) is 68.2 Å². The molecule has 0 spiro atoms. The van der Waals surface area contributed by atoms with Gasteiger partial charge < -0.3 is 14.9 Å². The van der Waals surface area contributed by atoms with Crippen LogP contribution in [0.25, 0.3) is 0 Å². The van der Waals surface area contributed by atoms with Crippen LogP contribution in [-0.2, 0) is 19.6 Å². The number of nitrogens with zero attached hydrogens (tertiary/aromatic N) is 2. The van der Waals surface area contributed by atoms with E-state index in [0.29, 0.717) is 46.1 Å². The van der Waals surface area contributed by atoms with Gasteiger partial charge in [0.15, 0.2) is 17.3 Å². The maximum Gasteiger partial charge on any atom is 0.214 e. The highest BCUT2D eigenvalue weighted by Gasteiger charge is 2.10. The van der Waals surface area contributed by atoms with Gasteiger partial charge in [-0.1, -0.05) is 42.3 Å². The van der Waals surface area contributed by atoms with E-state index in [1.165, 1.54) is 0 Å². The summed E-state index contributed by atoms with van der Waals surface area (Å²) in [6, 6.07) is 11.2. The van der Waals surface area contributed by atoms with Crippen molar-refractivity contribution in [1.82, 2.24) is 14.9 Å². The molecule has 9 heteroatoms. The van der Waals surface area contributed by atoms with Crippen LogP contribution in [0.15, 0.2) is 36.4 Å². The minimum absolute atomic E-state index is 0.317. The minimum atomic E-state index is 0.317. The zero-order chi connectivity index (χ0) is 20.8. The number of hydrogen-bond donors (Lipinski definition) is 2. The number of aromatic nitrogens is 3. The van der Waals surface area contributed by atoms with Gasteiger partial charge in [0.1, 0.15) is 6.61 Å². The van der Waals surface area contributed by atoms with E-state index < -0.39 is 0 Å². The lowest BCUT2D eigenvalue weighted by molar-refractivity contribution is 0.269. The molecule has 0 aliphatic carbocycles. The van der Waals surface area contributed by atoms with Crippen molar-refractivity contribution >= 4 is 35.4 Å². The molecule has 6 nitrogen and oxygen atoms in total. The molecule has 0 aliphatic heterocycles. The van der Waals surface area contributed by atoms with Gasteiger partial charge in [-0.05, 0) is 49.0 Å². The molecule has 0 unspecified atom stereocenters. The smallest absolute Gasteiger partial charge is 0.214 e. The van der Waals surface area contributed by atoms with Gasteiger partial charge in [0.2, 0.25) is 4.77 Å². The van der Waals surface area contributed by atoms with Gasteiger partial charge in [0.25, 0.3) is 0 Å². The highest BCUT2D eigenvalue weighted by Crippen LogP contribution is 2.30. The molecule has 0 saturated heterocycles. The number of nitrogens with one attached hydrogen (secondary N) is 2. The van der Waals surface area contributed by atoms with Crippen molar-refractivity contribution < 1.29 is 9.47 Å². The predicted molar refractivity (Wildman–Crippen MR) is 118 cm³/mol. The summed E-state index contributed by atoms with van der Waals surface area (Å²) >= 11 is 17.4. The van der Waals surface area contributed by atoms with E-state index >= 15 is 0 Å². The summed E-state index contributed by atoms with van der Waals surface area (Å²) in [5.74, 6) is 2.17. The predicted octanol–water partition coefficient (Wildman–Crippen LogP) is 5.53. The van der Waals surface area contributed by atoms with Crippen LogP contribution < -0.4 is 14.9 Å². The molecule has 0 bridgehead atoms. The molecule has 1 aromatic heterocycles. The SMILES string of the molecule is CCOc1cc(CNn2c(CC)n[nH]c2=S)ccc1OCc1ccc(Cl)cc1Cl. The summed E-state index contributed by atoms with van der Waals surface area (Å²) in [4.78, 5) is 0. The van der Waals surface area contributed by atoms with E-state index in [-0.39, 0.29) is 0 Å². The second-order valence-electron chi connectivity index (χ2n) is 6.21. The molecule has 29 heavy (non-hydrogen) atoms. The summed E-state index contributed by atoms with van der Waals surface area (Å²) in [5.41, 5.74) is 5.16. The van der Waals surface area contributed by atoms with Gasteiger partial charge in [-0.15, -0.1) is 0 Å². The van der Waals surface area contributed by atoms with Crippen molar-refractivity contribution in [2.24, 2.45) is 0 Å². The Morgan fingerprint density at radius 3 is 2.66 bits per heavy atom. The first-order chi connectivity index (χ1) is 14.0. The van der Waals surface area contributed by atoms with E-state index in [4.69, 9.17) is 44.9 Å². The molecular formula is C20H22Cl2N4O2S. The monoisotopic (exact) mass is 452 g/mol. The number of halogens is 2. The third-order valence-corrected chi connectivity index (χ3v) is 5.07. The molecular weight excluding hydrogens is 431 g/mol. The molecule has 0 saturated carbocycles. The van der Waals surface area contributed by atoms with Crippen molar-refractivity contribution in [2.45, 2.75) is 33.4 Å². The Morgan fingerprint density at radius 1 is 1.10 bits per heavy atom. The van der Waals surface area contributed by atoms with Crippen molar-refractivity contribution in [1.29, 1.82) is 0 Å². The molecule has 2 N–H and O–H groups in total. The highest BCUT2D eigenvalue weighted by molar-refractivity contribution is 7.71. The van der Waals surface area contributed by atoms with Crippen molar-refractivity contribution in [2.75, 3.05) is 12.0 Å². The standard InChI is InChI=1S/C20H22Cl2N4O2S/c1-3-19-24-25-20(29)26(19)23-11-13-5-8-17(18(9-13)27-4-2)28-12-14-6-7-15(21)10-16(14)22/h5-10,23H,3-4,11-12H2,1-2H3,(H,25,29). The zero-order valence-corrected chi connectivity index (χ0v) is 18.5. The van der Waals surface area contributed by atoms with Crippen LogP contribution in [0.3, 0.4) is 0 Å². The summed E-state index contributed by atoms with van der Waals surface area (Å²) < 4.78 is 14.0. The van der Waals surface area contributed by atoms with Gasteiger partial charge in [0, 0.05) is 22.0 Å². The minimum Gasteiger partial charge on any atom is -0.490 e. The molecule has 0 fully saturated rings. The molecule has 0 aliphatic rings. The third-order valence-electron chi connectivity index (χ3n) is 4.21. The lowest BCUT2D eigenvalue weighted by atomic mass is 10.2. The Kier molecular flexibility index (Phi) is 7.41. The Balaban J connectivity index is 1.72. The summed E-state index contributed by atoms with van der Waals surface area (Å²) in [7, 11) is 0. The number of ether oxygens (including phenoxy) is 2. The summed E-state index contributed by atoms with van der Waals surface area (Å²) in [6.45, 7) is 5.36. The summed E-state index contributed by atoms with van der Waals surface area (Å²) in [6.07, 6.45) is 0.768. The fourth-order valence-corrected chi connectivity index (χ4v) is 3.42. The number of rotatable bonds is 9. The fraction of sp³-hybridized carbons (Fsp3) is 0.300. The van der Waals surface area contributed by atoms with E-state index in [0.717, 1.165) is 23.4 Å². The molecule has 0 radical (unpaired) electrons. The molecule has 3 aromatic rings. The molecule has 0 amide bonds. The largest absolute Gasteiger partial charge is 0.490 e. The van der Waals surface area contributed by atoms with Crippen molar-refractivity contribution in [3.8, 4) is 11.5 Å². The maximum absolute atomic E-state index is 6.23. The molecule has 1 heterocycles. The van der Waals surface area contributed by atoms with Gasteiger partial charge in [-0.25, -0.2) is 4.68 Å². The second kappa shape index (κ2) is 10.0. The lowest BCUT2D eigenvalue weighted by Gasteiger charge is -2.15. The Hall–Kier alpha value is -2.22. The first-order valence-corrected chi connectivity index (χ1v) is 10.4. The summed E-state index contributed by atoms with van der Waals surface area (Å²) in [5, 5.41) is 8.15. The zero-order valence-electron chi connectivity index (χ0n) is 16.2. The van der Waals surface area contributed by atoms with Crippen LogP contribution in [0, 0.1) is 4.77 Å². The highest BCUT2D eigenvalue weighted by atomic mass is 35.5. The first kappa shape index (κ1) is 21.5. The topological polar surface area (TPSA) is 64.1 Å². The van der Waals surface area contributed by atoms with Gasteiger partial charge >= 0.3 is 0 Å². The van der Waals surface area contributed by atoms with E-state index in [9.17, 15) is 0 Å². The number of hydrogen-bond acceptors (Lipinski definition) is 5. The van der Waals surface area contributed by atoms with Crippen LogP contribution in [0.2, 0.25) is 10.0 Å². The van der Waals surface area contributed by atoms with Gasteiger partial charge in [-0.3, -0.25) is 5.10 Å². The Morgan fingerprint density at radius 2 is 1.93 bits per heavy atom. The first-order valence-electron chi connectivity index (χ1n) is 9.24. The number of aromatic amines is 1. The Labute approximate surface area is 184 Å². The third kappa shape index (κ3) is 5.44. The maximum atomic E-state index is 6.23. The number of benzene rings is 2. The molecule has 2 aromatic carbocycles. The van der Waals surface area contributed by atoms with E-state index in [1.807, 2.05) is 38.1 Å². The van der Waals surface area contributed by atoms with Crippen LogP contribution >= 0.6 is 35.4 Å².